The average molecular weight is 250 g/mol. The Morgan fingerprint density at radius 3 is 2.11 bits per heavy atom. The Morgan fingerprint density at radius 2 is 1.42 bits per heavy atom. The molecule has 0 radical (unpaired) electrons. The van der Waals surface area contributed by atoms with Gasteiger partial charge in [0.15, 0.2) is 5.82 Å². The van der Waals surface area contributed by atoms with E-state index >= 15 is 0 Å². The third-order valence-corrected chi connectivity index (χ3v) is 2.87. The SMILES string of the molecule is c1ccc(Cc2nnn(Cc3ccccc3)n2)cc1. The first-order chi connectivity index (χ1) is 9.40. The van der Waals surface area contributed by atoms with E-state index in [4.69, 9.17) is 0 Å². The molecule has 4 nitrogen and oxygen atoms in total. The molecule has 1 heterocycles. The van der Waals surface area contributed by atoms with Gasteiger partial charge in [-0.3, -0.25) is 0 Å². The molecule has 0 spiro atoms. The number of tetrazole rings is 1. The lowest BCUT2D eigenvalue weighted by Crippen LogP contribution is -2.04. The minimum atomic E-state index is 0.655. The molecule has 1 aromatic heterocycles. The van der Waals surface area contributed by atoms with Crippen LogP contribution in [0.2, 0.25) is 0 Å². The topological polar surface area (TPSA) is 43.6 Å². The van der Waals surface area contributed by atoms with Crippen LogP contribution in [0.25, 0.3) is 0 Å². The molecule has 2 aromatic carbocycles. The highest BCUT2D eigenvalue weighted by molar-refractivity contribution is 5.18. The third-order valence-electron chi connectivity index (χ3n) is 2.87. The van der Waals surface area contributed by atoms with Crippen LogP contribution in [0.15, 0.2) is 60.7 Å². The van der Waals surface area contributed by atoms with E-state index in [1.165, 1.54) is 11.1 Å². The first-order valence-electron chi connectivity index (χ1n) is 6.25. The van der Waals surface area contributed by atoms with Gasteiger partial charge < -0.3 is 0 Å². The van der Waals surface area contributed by atoms with Crippen LogP contribution in [0.3, 0.4) is 0 Å². The van der Waals surface area contributed by atoms with E-state index in [1.807, 2.05) is 36.4 Å². The lowest BCUT2D eigenvalue weighted by atomic mass is 10.1. The van der Waals surface area contributed by atoms with Crippen molar-refractivity contribution >= 4 is 0 Å². The molecule has 0 saturated carbocycles. The van der Waals surface area contributed by atoms with Gasteiger partial charge in [0.25, 0.3) is 0 Å². The van der Waals surface area contributed by atoms with Crippen LogP contribution in [0, 0.1) is 0 Å². The lowest BCUT2D eigenvalue weighted by molar-refractivity contribution is 0.571. The van der Waals surface area contributed by atoms with E-state index in [0.29, 0.717) is 6.54 Å². The molecule has 3 aromatic rings. The van der Waals surface area contributed by atoms with Crippen molar-refractivity contribution in [1.29, 1.82) is 0 Å². The lowest BCUT2D eigenvalue weighted by Gasteiger charge is -1.98. The zero-order valence-electron chi connectivity index (χ0n) is 10.5. The Hall–Kier alpha value is -2.49. The van der Waals surface area contributed by atoms with Gasteiger partial charge in [0, 0.05) is 6.42 Å². The Bertz CT molecular complexity index is 576. The predicted octanol–water partition coefficient (Wildman–Crippen LogP) is 2.31. The van der Waals surface area contributed by atoms with Crippen molar-refractivity contribution in [1.82, 2.24) is 20.2 Å². The zero-order valence-corrected chi connectivity index (χ0v) is 10.5. The molecule has 4 heteroatoms. The molecule has 0 amide bonds. The van der Waals surface area contributed by atoms with Crippen LogP contribution in [-0.4, -0.2) is 20.2 Å². The normalized spacial score (nSPS) is 10.5. The maximum Gasteiger partial charge on any atom is 0.179 e. The van der Waals surface area contributed by atoms with Crippen LogP contribution in [-0.2, 0) is 13.0 Å². The summed E-state index contributed by atoms with van der Waals surface area (Å²) in [6.45, 7) is 0.655. The molecule has 0 aliphatic heterocycles. The molecule has 94 valence electrons. The van der Waals surface area contributed by atoms with E-state index in [-0.39, 0.29) is 0 Å². The summed E-state index contributed by atoms with van der Waals surface area (Å²) in [5.74, 6) is 0.752. The highest BCUT2D eigenvalue weighted by Crippen LogP contribution is 2.05. The highest BCUT2D eigenvalue weighted by atomic mass is 15.6. The van der Waals surface area contributed by atoms with Gasteiger partial charge in [-0.15, -0.1) is 10.2 Å². The number of hydrogen-bond donors (Lipinski definition) is 0. The maximum atomic E-state index is 4.40. The minimum Gasteiger partial charge on any atom is -0.160 e. The van der Waals surface area contributed by atoms with Crippen molar-refractivity contribution in [3.05, 3.63) is 77.6 Å². The van der Waals surface area contributed by atoms with Crippen LogP contribution >= 0.6 is 0 Å². The van der Waals surface area contributed by atoms with E-state index in [1.54, 1.807) is 4.80 Å². The number of rotatable bonds is 4. The maximum absolute atomic E-state index is 4.40. The van der Waals surface area contributed by atoms with Crippen LogP contribution in [0.5, 0.6) is 0 Å². The molecule has 0 aliphatic carbocycles. The highest BCUT2D eigenvalue weighted by Gasteiger charge is 2.04. The fraction of sp³-hybridized carbons (Fsp3) is 0.133. The standard InChI is InChI=1S/C15H14N4/c1-3-7-13(8-4-1)11-15-16-18-19(17-15)12-14-9-5-2-6-10-14/h1-10H,11-12H2. The molecule has 0 fully saturated rings. The van der Waals surface area contributed by atoms with Crippen molar-refractivity contribution in [2.75, 3.05) is 0 Å². The Kier molecular flexibility index (Phi) is 3.32. The Balaban J connectivity index is 1.70. The molecule has 0 atom stereocenters. The van der Waals surface area contributed by atoms with Gasteiger partial charge in [-0.2, -0.15) is 4.80 Å². The van der Waals surface area contributed by atoms with Gasteiger partial charge >= 0.3 is 0 Å². The molecule has 0 saturated heterocycles. The molecule has 3 rings (SSSR count). The molecule has 19 heavy (non-hydrogen) atoms. The minimum absolute atomic E-state index is 0.655. The molecule has 0 bridgehead atoms. The fourth-order valence-corrected chi connectivity index (χ4v) is 1.94. The second-order valence-electron chi connectivity index (χ2n) is 4.38. The largest absolute Gasteiger partial charge is 0.179 e. The first-order valence-corrected chi connectivity index (χ1v) is 6.25. The van der Waals surface area contributed by atoms with Crippen molar-refractivity contribution in [3.63, 3.8) is 0 Å². The molecular weight excluding hydrogens is 236 g/mol. The van der Waals surface area contributed by atoms with E-state index in [2.05, 4.69) is 39.7 Å². The van der Waals surface area contributed by atoms with Crippen LogP contribution in [0.4, 0.5) is 0 Å². The van der Waals surface area contributed by atoms with Crippen LogP contribution < -0.4 is 0 Å². The summed E-state index contributed by atoms with van der Waals surface area (Å²) in [4.78, 5) is 1.63. The Labute approximate surface area is 111 Å². The zero-order chi connectivity index (χ0) is 12.9. The first kappa shape index (κ1) is 11.6. The monoisotopic (exact) mass is 250 g/mol. The quantitative estimate of drug-likeness (QED) is 0.713. The number of nitrogens with zero attached hydrogens (tertiary/aromatic N) is 4. The second-order valence-corrected chi connectivity index (χ2v) is 4.38. The average Bonchev–Trinajstić information content (AvgIpc) is 2.88. The Morgan fingerprint density at radius 1 is 0.789 bits per heavy atom. The second kappa shape index (κ2) is 5.44. The van der Waals surface area contributed by atoms with E-state index in [9.17, 15) is 0 Å². The molecule has 0 unspecified atom stereocenters. The molecule has 0 N–H and O–H groups in total. The van der Waals surface area contributed by atoms with Crippen molar-refractivity contribution in [2.45, 2.75) is 13.0 Å². The van der Waals surface area contributed by atoms with Gasteiger partial charge in [0.1, 0.15) is 0 Å². The van der Waals surface area contributed by atoms with Crippen molar-refractivity contribution < 1.29 is 0 Å². The summed E-state index contributed by atoms with van der Waals surface area (Å²) in [6.07, 6.45) is 0.718. The van der Waals surface area contributed by atoms with Gasteiger partial charge in [-0.25, -0.2) is 0 Å². The van der Waals surface area contributed by atoms with Crippen LogP contribution in [0.1, 0.15) is 17.0 Å². The number of benzene rings is 2. The van der Waals surface area contributed by atoms with Crippen molar-refractivity contribution in [2.24, 2.45) is 0 Å². The third kappa shape index (κ3) is 3.04. The van der Waals surface area contributed by atoms with Gasteiger partial charge in [0.2, 0.25) is 0 Å². The summed E-state index contributed by atoms with van der Waals surface area (Å²) in [5.41, 5.74) is 2.37. The fourth-order valence-electron chi connectivity index (χ4n) is 1.94. The number of aromatic nitrogens is 4. The summed E-state index contributed by atoms with van der Waals surface area (Å²) >= 11 is 0. The molecular formula is C15H14N4. The molecule has 0 aliphatic rings. The summed E-state index contributed by atoms with van der Waals surface area (Å²) in [5, 5.41) is 12.6. The smallest absolute Gasteiger partial charge is 0.160 e. The number of hydrogen-bond acceptors (Lipinski definition) is 3. The van der Waals surface area contributed by atoms with Gasteiger partial charge in [-0.1, -0.05) is 60.7 Å². The van der Waals surface area contributed by atoms with Crippen molar-refractivity contribution in [3.8, 4) is 0 Å². The summed E-state index contributed by atoms with van der Waals surface area (Å²) in [6, 6.07) is 20.3. The van der Waals surface area contributed by atoms with E-state index < -0.39 is 0 Å². The predicted molar refractivity (Wildman–Crippen MR) is 72.6 cm³/mol. The van der Waals surface area contributed by atoms with Gasteiger partial charge in [0.05, 0.1) is 6.54 Å². The van der Waals surface area contributed by atoms with E-state index in [0.717, 1.165) is 12.2 Å². The summed E-state index contributed by atoms with van der Waals surface area (Å²) in [7, 11) is 0. The van der Waals surface area contributed by atoms with Gasteiger partial charge in [-0.05, 0) is 16.3 Å². The summed E-state index contributed by atoms with van der Waals surface area (Å²) < 4.78 is 0.